The van der Waals surface area contributed by atoms with Gasteiger partial charge in [0.2, 0.25) is 0 Å². The fourth-order valence-corrected chi connectivity index (χ4v) is 4.21. The summed E-state index contributed by atoms with van der Waals surface area (Å²) in [6, 6.07) is 13.0. The number of hydrogen-bond acceptors (Lipinski definition) is 3. The highest BCUT2D eigenvalue weighted by molar-refractivity contribution is 5.83. The Balaban J connectivity index is 1.70. The zero-order valence-corrected chi connectivity index (χ0v) is 15.4. The summed E-state index contributed by atoms with van der Waals surface area (Å²) >= 11 is 0. The van der Waals surface area contributed by atoms with Gasteiger partial charge in [-0.15, -0.1) is 0 Å². The fourth-order valence-electron chi connectivity index (χ4n) is 4.21. The van der Waals surface area contributed by atoms with Crippen molar-refractivity contribution < 1.29 is 14.3 Å². The molecule has 0 N–H and O–H groups in total. The monoisotopic (exact) mass is 348 g/mol. The highest BCUT2D eigenvalue weighted by atomic mass is 16.5. The normalized spacial score (nSPS) is 18.4. The number of carbonyl (C=O) groups excluding carboxylic acids is 1. The van der Waals surface area contributed by atoms with Gasteiger partial charge in [0.15, 0.2) is 0 Å². The maximum Gasteiger partial charge on any atom is 0.309 e. The number of fused-ring (bicyclic) bond motifs is 2. The topological polar surface area (TPSA) is 35.5 Å². The Morgan fingerprint density at radius 2 is 1.85 bits per heavy atom. The molecule has 1 atom stereocenters. The van der Waals surface area contributed by atoms with Crippen LogP contribution in [0, 0.1) is 5.92 Å². The van der Waals surface area contributed by atoms with Crippen LogP contribution in [0.15, 0.2) is 42.5 Å². The minimum atomic E-state index is -0.103. The lowest BCUT2D eigenvalue weighted by atomic mass is 9.92. The van der Waals surface area contributed by atoms with Crippen molar-refractivity contribution in [1.82, 2.24) is 0 Å². The fraction of sp³-hybridized carbons (Fsp3) is 0.348. The van der Waals surface area contributed by atoms with Crippen molar-refractivity contribution in [2.24, 2.45) is 5.92 Å². The molecular weight excluding hydrogens is 324 g/mol. The van der Waals surface area contributed by atoms with Crippen LogP contribution in [-0.2, 0) is 28.8 Å². The summed E-state index contributed by atoms with van der Waals surface area (Å²) in [7, 11) is 3.19. The second-order valence-electron chi connectivity index (χ2n) is 7.14. The molecule has 1 unspecified atom stereocenters. The molecule has 0 heterocycles. The van der Waals surface area contributed by atoms with Gasteiger partial charge in [0, 0.05) is 0 Å². The Kier molecular flexibility index (Phi) is 4.54. The van der Waals surface area contributed by atoms with Gasteiger partial charge in [-0.25, -0.2) is 0 Å². The number of allylic oxidation sites excluding steroid dienone is 1. The number of esters is 1. The van der Waals surface area contributed by atoms with Crippen molar-refractivity contribution in [2.75, 3.05) is 14.2 Å². The van der Waals surface area contributed by atoms with Crippen molar-refractivity contribution in [3.8, 4) is 5.75 Å². The summed E-state index contributed by atoms with van der Waals surface area (Å²) in [6.07, 6.45) is 7.22. The van der Waals surface area contributed by atoms with E-state index in [4.69, 9.17) is 9.47 Å². The molecule has 3 nitrogen and oxygen atoms in total. The van der Waals surface area contributed by atoms with E-state index in [0.29, 0.717) is 0 Å². The Bertz CT molecular complexity index is 879. The molecular formula is C23H24O3. The average molecular weight is 348 g/mol. The summed E-state index contributed by atoms with van der Waals surface area (Å²) < 4.78 is 10.3. The second kappa shape index (κ2) is 6.99. The molecule has 0 aliphatic heterocycles. The highest BCUT2D eigenvalue weighted by Gasteiger charge is 2.28. The van der Waals surface area contributed by atoms with Gasteiger partial charge in [-0.05, 0) is 77.6 Å². The maximum atomic E-state index is 11.9. The first-order chi connectivity index (χ1) is 12.7. The minimum Gasteiger partial charge on any atom is -0.497 e. The molecule has 0 saturated carbocycles. The third-order valence-corrected chi connectivity index (χ3v) is 5.59. The van der Waals surface area contributed by atoms with Crippen molar-refractivity contribution in [2.45, 2.75) is 32.1 Å². The lowest BCUT2D eigenvalue weighted by molar-refractivity contribution is -0.145. The van der Waals surface area contributed by atoms with Crippen LogP contribution < -0.4 is 4.74 Å². The van der Waals surface area contributed by atoms with Gasteiger partial charge in [0.1, 0.15) is 5.75 Å². The summed E-state index contributed by atoms with van der Waals surface area (Å²) in [5, 5.41) is 0. The molecule has 0 fully saturated rings. The number of aryl methyl sites for hydroxylation is 1. The molecule has 2 aromatic carbocycles. The minimum absolute atomic E-state index is 0.0371. The van der Waals surface area contributed by atoms with Crippen LogP contribution in [0.25, 0.3) is 5.57 Å². The van der Waals surface area contributed by atoms with E-state index >= 15 is 0 Å². The summed E-state index contributed by atoms with van der Waals surface area (Å²) in [6.45, 7) is 0. The van der Waals surface area contributed by atoms with E-state index in [1.807, 2.05) is 6.07 Å². The lowest BCUT2D eigenvalue weighted by Gasteiger charge is -2.14. The number of hydrogen-bond donors (Lipinski definition) is 0. The van der Waals surface area contributed by atoms with Crippen molar-refractivity contribution in [1.29, 1.82) is 0 Å². The van der Waals surface area contributed by atoms with Crippen LogP contribution in [0.3, 0.4) is 0 Å². The number of benzene rings is 2. The lowest BCUT2D eigenvalue weighted by Crippen LogP contribution is -2.15. The molecule has 0 bridgehead atoms. The molecule has 134 valence electrons. The molecule has 2 aliphatic rings. The Morgan fingerprint density at radius 3 is 2.65 bits per heavy atom. The summed E-state index contributed by atoms with van der Waals surface area (Å²) in [5.41, 5.74) is 7.73. The quantitative estimate of drug-likeness (QED) is 0.774. The average Bonchev–Trinajstić information content (AvgIpc) is 2.99. The van der Waals surface area contributed by atoms with E-state index in [1.54, 1.807) is 7.11 Å². The van der Waals surface area contributed by atoms with Gasteiger partial charge >= 0.3 is 5.97 Å². The first-order valence-electron chi connectivity index (χ1n) is 9.27. The van der Waals surface area contributed by atoms with Crippen molar-refractivity contribution in [3.63, 3.8) is 0 Å². The predicted octanol–water partition coefficient (Wildman–Crippen LogP) is 4.35. The van der Waals surface area contributed by atoms with Gasteiger partial charge in [-0.2, -0.15) is 0 Å². The standard InChI is InChI=1S/C23H24O3/c1-25-20-9-10-22-16(14-20)5-3-4-6-21(22)17-8-7-15-11-19(23(24)26-2)13-18(15)12-17/h6-10,12,14,19H,3-5,11,13H2,1-2H3. The van der Waals surface area contributed by atoms with Crippen molar-refractivity contribution >= 4 is 11.5 Å². The smallest absolute Gasteiger partial charge is 0.309 e. The van der Waals surface area contributed by atoms with Gasteiger partial charge in [-0.3, -0.25) is 4.79 Å². The van der Waals surface area contributed by atoms with Gasteiger partial charge < -0.3 is 9.47 Å². The molecule has 2 aromatic rings. The van der Waals surface area contributed by atoms with E-state index in [2.05, 4.69) is 36.4 Å². The van der Waals surface area contributed by atoms with E-state index in [0.717, 1.165) is 37.9 Å². The number of methoxy groups -OCH3 is 2. The molecule has 3 heteroatoms. The van der Waals surface area contributed by atoms with Crippen LogP contribution in [0.4, 0.5) is 0 Å². The first-order valence-corrected chi connectivity index (χ1v) is 9.27. The molecule has 0 amide bonds. The Labute approximate surface area is 154 Å². The Morgan fingerprint density at radius 1 is 1.00 bits per heavy atom. The van der Waals surface area contributed by atoms with Crippen LogP contribution in [-0.4, -0.2) is 20.2 Å². The first kappa shape index (κ1) is 16.9. The van der Waals surface area contributed by atoms with E-state index in [1.165, 1.54) is 40.5 Å². The van der Waals surface area contributed by atoms with Gasteiger partial charge in [0.05, 0.1) is 20.1 Å². The number of rotatable bonds is 3. The van der Waals surface area contributed by atoms with Crippen LogP contribution in [0.1, 0.15) is 40.7 Å². The zero-order chi connectivity index (χ0) is 18.1. The molecule has 2 aliphatic carbocycles. The molecule has 4 rings (SSSR count). The molecule has 0 aromatic heterocycles. The van der Waals surface area contributed by atoms with Crippen molar-refractivity contribution in [3.05, 3.63) is 70.3 Å². The van der Waals surface area contributed by atoms with Gasteiger partial charge in [0.25, 0.3) is 0 Å². The highest BCUT2D eigenvalue weighted by Crippen LogP contribution is 2.36. The SMILES string of the molecule is COC(=O)C1Cc2ccc(C3=CCCCc4cc(OC)ccc43)cc2C1. The Hall–Kier alpha value is -2.55. The summed E-state index contributed by atoms with van der Waals surface area (Å²) in [5.74, 6) is 0.777. The van der Waals surface area contributed by atoms with Gasteiger partial charge in [-0.1, -0.05) is 30.3 Å². The van der Waals surface area contributed by atoms with Crippen LogP contribution >= 0.6 is 0 Å². The van der Waals surface area contributed by atoms with E-state index < -0.39 is 0 Å². The zero-order valence-electron chi connectivity index (χ0n) is 15.4. The predicted molar refractivity (Wildman–Crippen MR) is 102 cm³/mol. The van der Waals surface area contributed by atoms with Crippen LogP contribution in [0.5, 0.6) is 5.75 Å². The van der Waals surface area contributed by atoms with E-state index in [9.17, 15) is 4.79 Å². The number of ether oxygens (including phenoxy) is 2. The second-order valence-corrected chi connectivity index (χ2v) is 7.14. The maximum absolute atomic E-state index is 11.9. The van der Waals surface area contributed by atoms with Crippen LogP contribution in [0.2, 0.25) is 0 Å². The largest absolute Gasteiger partial charge is 0.497 e. The molecule has 0 radical (unpaired) electrons. The van der Waals surface area contributed by atoms with E-state index in [-0.39, 0.29) is 11.9 Å². The number of carbonyl (C=O) groups is 1. The third-order valence-electron chi connectivity index (χ3n) is 5.59. The molecule has 26 heavy (non-hydrogen) atoms. The molecule has 0 saturated heterocycles. The third kappa shape index (κ3) is 3.03. The summed E-state index contributed by atoms with van der Waals surface area (Å²) in [4.78, 5) is 11.9. The molecule has 0 spiro atoms.